The summed E-state index contributed by atoms with van der Waals surface area (Å²) in [5.41, 5.74) is 2.56. The minimum atomic E-state index is 0.622. The van der Waals surface area contributed by atoms with Crippen LogP contribution >= 0.6 is 0 Å². The summed E-state index contributed by atoms with van der Waals surface area (Å²) in [5.74, 6) is 1.50. The molecule has 0 bridgehead atoms. The van der Waals surface area contributed by atoms with Crippen LogP contribution in [0.5, 0.6) is 0 Å². The van der Waals surface area contributed by atoms with Gasteiger partial charge in [-0.15, -0.1) is 0 Å². The molecule has 0 atom stereocenters. The zero-order valence-corrected chi connectivity index (χ0v) is 11.6. The standard InChI is InChI=1S/C15H17N5/c1-3-6-17-14-8-15(19-10-18-14)20-13-7-12(9-16)5-4-11(13)2/h4-5,7-8,10H,3,6H2,1-2H3,(H2,17,18,19,20). The predicted molar refractivity (Wildman–Crippen MR) is 80.0 cm³/mol. The van der Waals surface area contributed by atoms with E-state index in [1.54, 1.807) is 6.07 Å². The Morgan fingerprint density at radius 3 is 2.75 bits per heavy atom. The summed E-state index contributed by atoms with van der Waals surface area (Å²) < 4.78 is 0. The van der Waals surface area contributed by atoms with Crippen molar-refractivity contribution in [3.05, 3.63) is 41.7 Å². The number of benzene rings is 1. The van der Waals surface area contributed by atoms with Crippen molar-refractivity contribution in [2.24, 2.45) is 0 Å². The first-order chi connectivity index (χ1) is 9.72. The van der Waals surface area contributed by atoms with E-state index >= 15 is 0 Å². The SMILES string of the molecule is CCCNc1cc(Nc2cc(C#N)ccc2C)ncn1. The van der Waals surface area contributed by atoms with Crippen LogP contribution in [0.2, 0.25) is 0 Å². The lowest BCUT2D eigenvalue weighted by Crippen LogP contribution is -2.04. The molecule has 20 heavy (non-hydrogen) atoms. The summed E-state index contributed by atoms with van der Waals surface area (Å²) in [6, 6.07) is 9.52. The van der Waals surface area contributed by atoms with Crippen molar-refractivity contribution in [3.8, 4) is 6.07 Å². The molecular formula is C15H17N5. The van der Waals surface area contributed by atoms with Crippen LogP contribution in [0.25, 0.3) is 0 Å². The maximum absolute atomic E-state index is 8.95. The highest BCUT2D eigenvalue weighted by atomic mass is 15.1. The Kier molecular flexibility index (Phi) is 4.51. The molecule has 0 spiro atoms. The Morgan fingerprint density at radius 2 is 2.00 bits per heavy atom. The van der Waals surface area contributed by atoms with Gasteiger partial charge in [-0.2, -0.15) is 5.26 Å². The lowest BCUT2D eigenvalue weighted by molar-refractivity contribution is 0.965. The van der Waals surface area contributed by atoms with Crippen LogP contribution in [0.15, 0.2) is 30.6 Å². The molecule has 0 fully saturated rings. The molecule has 0 saturated carbocycles. The molecule has 0 saturated heterocycles. The van der Waals surface area contributed by atoms with Gasteiger partial charge in [0.1, 0.15) is 18.0 Å². The fraction of sp³-hybridized carbons (Fsp3) is 0.267. The Hall–Kier alpha value is -2.61. The van der Waals surface area contributed by atoms with Gasteiger partial charge in [0.2, 0.25) is 0 Å². The van der Waals surface area contributed by atoms with Crippen LogP contribution in [-0.2, 0) is 0 Å². The topological polar surface area (TPSA) is 73.6 Å². The maximum Gasteiger partial charge on any atom is 0.135 e. The van der Waals surface area contributed by atoms with Gasteiger partial charge >= 0.3 is 0 Å². The van der Waals surface area contributed by atoms with Gasteiger partial charge in [-0.3, -0.25) is 0 Å². The Labute approximate surface area is 118 Å². The van der Waals surface area contributed by atoms with E-state index in [-0.39, 0.29) is 0 Å². The molecule has 0 unspecified atom stereocenters. The van der Waals surface area contributed by atoms with E-state index in [2.05, 4.69) is 33.6 Å². The van der Waals surface area contributed by atoms with Crippen molar-refractivity contribution in [3.63, 3.8) is 0 Å². The number of aryl methyl sites for hydroxylation is 1. The highest BCUT2D eigenvalue weighted by Gasteiger charge is 2.03. The van der Waals surface area contributed by atoms with E-state index in [0.29, 0.717) is 11.4 Å². The summed E-state index contributed by atoms with van der Waals surface area (Å²) in [4.78, 5) is 8.35. The van der Waals surface area contributed by atoms with Crippen LogP contribution in [0.3, 0.4) is 0 Å². The van der Waals surface area contributed by atoms with Crippen LogP contribution in [0.4, 0.5) is 17.3 Å². The number of aromatic nitrogens is 2. The van der Waals surface area contributed by atoms with Crippen LogP contribution in [-0.4, -0.2) is 16.5 Å². The van der Waals surface area contributed by atoms with E-state index < -0.39 is 0 Å². The van der Waals surface area contributed by atoms with Gasteiger partial charge in [0.05, 0.1) is 11.6 Å². The molecule has 0 aliphatic heterocycles. The Balaban J connectivity index is 2.19. The van der Waals surface area contributed by atoms with Crippen molar-refractivity contribution >= 4 is 17.3 Å². The number of rotatable bonds is 5. The smallest absolute Gasteiger partial charge is 0.135 e. The minimum absolute atomic E-state index is 0.622. The molecule has 2 N–H and O–H groups in total. The average Bonchev–Trinajstić information content (AvgIpc) is 2.48. The van der Waals surface area contributed by atoms with Gasteiger partial charge in [-0.05, 0) is 31.0 Å². The lowest BCUT2D eigenvalue weighted by atomic mass is 10.1. The van der Waals surface area contributed by atoms with Gasteiger partial charge in [0.15, 0.2) is 0 Å². The third-order valence-electron chi connectivity index (χ3n) is 2.85. The first-order valence-electron chi connectivity index (χ1n) is 6.56. The molecule has 5 heteroatoms. The van der Waals surface area contributed by atoms with Crippen molar-refractivity contribution in [1.29, 1.82) is 5.26 Å². The van der Waals surface area contributed by atoms with Gasteiger partial charge in [0, 0.05) is 18.3 Å². The van der Waals surface area contributed by atoms with Gasteiger partial charge < -0.3 is 10.6 Å². The van der Waals surface area contributed by atoms with Crippen molar-refractivity contribution in [2.45, 2.75) is 20.3 Å². The van der Waals surface area contributed by atoms with Gasteiger partial charge in [0.25, 0.3) is 0 Å². The second-order valence-electron chi connectivity index (χ2n) is 4.48. The predicted octanol–water partition coefficient (Wildman–Crippen LogP) is 3.22. The fourth-order valence-corrected chi connectivity index (χ4v) is 1.74. The molecule has 1 heterocycles. The van der Waals surface area contributed by atoms with Crippen molar-refractivity contribution in [1.82, 2.24) is 9.97 Å². The molecule has 1 aromatic heterocycles. The molecule has 0 aliphatic carbocycles. The zero-order chi connectivity index (χ0) is 14.4. The first kappa shape index (κ1) is 13.8. The maximum atomic E-state index is 8.95. The number of nitrogens with zero attached hydrogens (tertiary/aromatic N) is 3. The molecule has 0 aliphatic rings. The molecule has 5 nitrogen and oxygen atoms in total. The minimum Gasteiger partial charge on any atom is -0.370 e. The summed E-state index contributed by atoms with van der Waals surface area (Å²) >= 11 is 0. The molecule has 0 radical (unpaired) electrons. The van der Waals surface area contributed by atoms with Crippen LogP contribution in [0.1, 0.15) is 24.5 Å². The number of anilines is 3. The zero-order valence-electron chi connectivity index (χ0n) is 11.6. The summed E-state index contributed by atoms with van der Waals surface area (Å²) in [6.45, 7) is 4.96. The summed E-state index contributed by atoms with van der Waals surface area (Å²) in [7, 11) is 0. The fourth-order valence-electron chi connectivity index (χ4n) is 1.74. The molecule has 102 valence electrons. The third kappa shape index (κ3) is 3.45. The molecule has 2 rings (SSSR count). The number of hydrogen-bond donors (Lipinski definition) is 2. The molecule has 2 aromatic rings. The molecule has 1 aromatic carbocycles. The van der Waals surface area contributed by atoms with Gasteiger partial charge in [-0.1, -0.05) is 13.0 Å². The highest BCUT2D eigenvalue weighted by Crippen LogP contribution is 2.21. The summed E-state index contributed by atoms with van der Waals surface area (Å²) in [5, 5.41) is 15.4. The highest BCUT2D eigenvalue weighted by molar-refractivity contribution is 5.64. The first-order valence-corrected chi connectivity index (χ1v) is 6.56. The molecule has 0 amide bonds. The number of hydrogen-bond acceptors (Lipinski definition) is 5. The number of nitriles is 1. The van der Waals surface area contributed by atoms with Crippen molar-refractivity contribution < 1.29 is 0 Å². The second-order valence-corrected chi connectivity index (χ2v) is 4.48. The van der Waals surface area contributed by atoms with Crippen molar-refractivity contribution in [2.75, 3.05) is 17.2 Å². The lowest BCUT2D eigenvalue weighted by Gasteiger charge is -2.10. The monoisotopic (exact) mass is 267 g/mol. The third-order valence-corrected chi connectivity index (χ3v) is 2.85. The van der Waals surface area contributed by atoms with Gasteiger partial charge in [-0.25, -0.2) is 9.97 Å². The Bertz CT molecular complexity index is 630. The van der Waals surface area contributed by atoms with E-state index in [0.717, 1.165) is 30.0 Å². The van der Waals surface area contributed by atoms with E-state index in [1.165, 1.54) is 6.33 Å². The largest absolute Gasteiger partial charge is 0.370 e. The van der Waals surface area contributed by atoms with E-state index in [9.17, 15) is 0 Å². The quantitative estimate of drug-likeness (QED) is 0.870. The number of nitrogens with one attached hydrogen (secondary N) is 2. The molecular weight excluding hydrogens is 250 g/mol. The average molecular weight is 267 g/mol. The van der Waals surface area contributed by atoms with Crippen LogP contribution in [0, 0.1) is 18.3 Å². The second kappa shape index (κ2) is 6.53. The van der Waals surface area contributed by atoms with Crippen LogP contribution < -0.4 is 10.6 Å². The normalized spacial score (nSPS) is 9.85. The van der Waals surface area contributed by atoms with E-state index in [4.69, 9.17) is 5.26 Å². The van der Waals surface area contributed by atoms with E-state index in [1.807, 2.05) is 25.1 Å². The Morgan fingerprint density at radius 1 is 1.20 bits per heavy atom. The summed E-state index contributed by atoms with van der Waals surface area (Å²) in [6.07, 6.45) is 2.56.